The molecule has 2 aromatic carbocycles. The maximum Gasteiger partial charge on any atom is 0.153 e. The Morgan fingerprint density at radius 2 is 2.00 bits per heavy atom. The van der Waals surface area contributed by atoms with E-state index in [0.717, 1.165) is 0 Å². The Morgan fingerprint density at radius 3 is 2.68 bits per heavy atom. The Balaban J connectivity index is 2.68. The second-order valence-corrected chi connectivity index (χ2v) is 3.91. The van der Waals surface area contributed by atoms with Crippen LogP contribution >= 0.6 is 0 Å². The Kier molecular flexibility index (Phi) is 3.80. The van der Waals surface area contributed by atoms with E-state index in [-0.39, 0.29) is 16.9 Å². The van der Waals surface area contributed by atoms with Crippen molar-refractivity contribution >= 4 is 6.29 Å². The van der Waals surface area contributed by atoms with E-state index >= 15 is 0 Å². The molecule has 0 fully saturated rings. The monoisotopic (exact) mass is 260 g/mol. The number of para-hydroxylation sites is 1. The lowest BCUT2D eigenvalue weighted by Gasteiger charge is -2.13. The molecule has 2 rings (SSSR count). The van der Waals surface area contributed by atoms with Crippen molar-refractivity contribution in [1.82, 2.24) is 0 Å². The van der Waals surface area contributed by atoms with Crippen LogP contribution in [0.15, 0.2) is 36.4 Å². The van der Waals surface area contributed by atoms with Crippen LogP contribution in [-0.2, 0) is 0 Å². The summed E-state index contributed by atoms with van der Waals surface area (Å²) >= 11 is 0. The highest BCUT2D eigenvalue weighted by Gasteiger charge is 2.17. The molecule has 0 atom stereocenters. The first kappa shape index (κ1) is 13.1. The summed E-state index contributed by atoms with van der Waals surface area (Å²) in [6, 6.07) is 9.33. The number of ether oxygens (including phenoxy) is 1. The van der Waals surface area contributed by atoms with E-state index in [1.54, 1.807) is 24.3 Å². The molecule has 0 amide bonds. The highest BCUT2D eigenvalue weighted by atomic mass is 19.1. The van der Waals surface area contributed by atoms with Gasteiger partial charge in [-0.2, -0.15) is 0 Å². The molecule has 0 bridgehead atoms. The van der Waals surface area contributed by atoms with Crippen molar-refractivity contribution in [2.24, 2.45) is 0 Å². The van der Waals surface area contributed by atoms with Gasteiger partial charge in [-0.3, -0.25) is 4.79 Å². The van der Waals surface area contributed by atoms with Crippen LogP contribution in [0.2, 0.25) is 0 Å². The van der Waals surface area contributed by atoms with Crippen LogP contribution in [0.25, 0.3) is 11.1 Å². The average molecular weight is 260 g/mol. The molecule has 0 aromatic heterocycles. The second-order valence-electron chi connectivity index (χ2n) is 3.91. The van der Waals surface area contributed by atoms with Crippen LogP contribution in [0.1, 0.15) is 17.3 Å². The van der Waals surface area contributed by atoms with Gasteiger partial charge in [-0.05, 0) is 25.1 Å². The summed E-state index contributed by atoms with van der Waals surface area (Å²) in [5.74, 6) is -0.514. The van der Waals surface area contributed by atoms with Gasteiger partial charge in [-0.15, -0.1) is 0 Å². The normalized spacial score (nSPS) is 10.2. The number of halogens is 1. The molecule has 0 aliphatic carbocycles. The molecule has 0 saturated heterocycles. The van der Waals surface area contributed by atoms with E-state index in [9.17, 15) is 14.3 Å². The molecule has 0 unspecified atom stereocenters. The van der Waals surface area contributed by atoms with Crippen LogP contribution in [0.5, 0.6) is 11.5 Å². The van der Waals surface area contributed by atoms with Crippen molar-refractivity contribution in [3.63, 3.8) is 0 Å². The number of benzene rings is 2. The fraction of sp³-hybridized carbons (Fsp3) is 0.133. The standard InChI is InChI=1S/C15H13FO3/c1-2-19-13-6-4-3-5-11(13)14-12(18)8-7-10(9-17)15(14)16/h3-9,18H,2H2,1H3. The first-order chi connectivity index (χ1) is 9.19. The predicted molar refractivity (Wildman–Crippen MR) is 70.1 cm³/mol. The van der Waals surface area contributed by atoms with Gasteiger partial charge in [0.25, 0.3) is 0 Å². The number of carbonyl (C=O) groups is 1. The summed E-state index contributed by atoms with van der Waals surface area (Å²) in [6.45, 7) is 2.24. The molecule has 0 aliphatic rings. The van der Waals surface area contributed by atoms with E-state index in [0.29, 0.717) is 24.2 Å². The SMILES string of the molecule is CCOc1ccccc1-c1c(O)ccc(C=O)c1F. The zero-order valence-electron chi connectivity index (χ0n) is 10.4. The zero-order chi connectivity index (χ0) is 13.8. The number of aromatic hydroxyl groups is 1. The molecule has 0 spiro atoms. The number of phenolic OH excluding ortho intramolecular Hbond substituents is 1. The molecule has 2 aromatic rings. The lowest BCUT2D eigenvalue weighted by atomic mass is 10.0. The van der Waals surface area contributed by atoms with Crippen LogP contribution < -0.4 is 4.74 Å². The topological polar surface area (TPSA) is 46.5 Å². The molecule has 4 heteroatoms. The van der Waals surface area contributed by atoms with E-state index < -0.39 is 5.82 Å². The molecular formula is C15H13FO3. The summed E-state index contributed by atoms with van der Waals surface area (Å²) in [4.78, 5) is 10.8. The van der Waals surface area contributed by atoms with Crippen molar-refractivity contribution in [2.75, 3.05) is 6.61 Å². The molecular weight excluding hydrogens is 247 g/mol. The minimum Gasteiger partial charge on any atom is -0.507 e. The van der Waals surface area contributed by atoms with Gasteiger partial charge in [0.15, 0.2) is 6.29 Å². The zero-order valence-corrected chi connectivity index (χ0v) is 10.4. The molecule has 98 valence electrons. The number of phenols is 1. The number of carbonyl (C=O) groups excluding carboxylic acids is 1. The molecule has 1 N–H and O–H groups in total. The molecule has 3 nitrogen and oxygen atoms in total. The van der Waals surface area contributed by atoms with Crippen molar-refractivity contribution in [1.29, 1.82) is 0 Å². The van der Waals surface area contributed by atoms with Gasteiger partial charge in [0, 0.05) is 5.56 Å². The van der Waals surface area contributed by atoms with E-state index in [4.69, 9.17) is 4.74 Å². The Labute approximate surface area is 110 Å². The molecule has 19 heavy (non-hydrogen) atoms. The summed E-state index contributed by atoms with van der Waals surface area (Å²) in [5.41, 5.74) is 0.302. The summed E-state index contributed by atoms with van der Waals surface area (Å²) in [5, 5.41) is 9.85. The Hall–Kier alpha value is -2.36. The van der Waals surface area contributed by atoms with Gasteiger partial charge in [-0.25, -0.2) is 4.39 Å². The lowest BCUT2D eigenvalue weighted by Crippen LogP contribution is -1.97. The van der Waals surface area contributed by atoms with E-state index in [1.165, 1.54) is 12.1 Å². The first-order valence-corrected chi connectivity index (χ1v) is 5.87. The summed E-state index contributed by atoms with van der Waals surface area (Å²) < 4.78 is 19.6. The van der Waals surface area contributed by atoms with Crippen molar-refractivity contribution in [2.45, 2.75) is 6.92 Å². The van der Waals surface area contributed by atoms with Gasteiger partial charge in [0.2, 0.25) is 0 Å². The van der Waals surface area contributed by atoms with Crippen molar-refractivity contribution in [3.05, 3.63) is 47.8 Å². The molecule has 0 heterocycles. The summed E-state index contributed by atoms with van der Waals surface area (Å²) in [6.07, 6.45) is 0.418. The van der Waals surface area contributed by atoms with Crippen LogP contribution in [0.4, 0.5) is 4.39 Å². The predicted octanol–water partition coefficient (Wildman–Crippen LogP) is 3.41. The van der Waals surface area contributed by atoms with Gasteiger partial charge in [0.05, 0.1) is 17.7 Å². The average Bonchev–Trinajstić information content (AvgIpc) is 2.41. The van der Waals surface area contributed by atoms with Crippen LogP contribution in [0, 0.1) is 5.82 Å². The maximum atomic E-state index is 14.2. The van der Waals surface area contributed by atoms with Crippen LogP contribution in [0.3, 0.4) is 0 Å². The number of aldehydes is 1. The minimum atomic E-state index is -0.748. The minimum absolute atomic E-state index is 0.0198. The van der Waals surface area contributed by atoms with Gasteiger partial charge < -0.3 is 9.84 Å². The van der Waals surface area contributed by atoms with Crippen molar-refractivity contribution in [3.8, 4) is 22.6 Å². The number of rotatable bonds is 4. The third kappa shape index (κ3) is 2.42. The number of hydrogen-bond acceptors (Lipinski definition) is 3. The highest BCUT2D eigenvalue weighted by Crippen LogP contribution is 2.38. The van der Waals surface area contributed by atoms with Gasteiger partial charge >= 0.3 is 0 Å². The summed E-state index contributed by atoms with van der Waals surface area (Å²) in [7, 11) is 0. The fourth-order valence-corrected chi connectivity index (χ4v) is 1.88. The maximum absolute atomic E-state index is 14.2. The molecule has 0 radical (unpaired) electrons. The second kappa shape index (κ2) is 5.52. The van der Waals surface area contributed by atoms with Gasteiger partial charge in [-0.1, -0.05) is 18.2 Å². The van der Waals surface area contributed by atoms with E-state index in [1.807, 2.05) is 6.92 Å². The lowest BCUT2D eigenvalue weighted by molar-refractivity contribution is 0.112. The van der Waals surface area contributed by atoms with Crippen molar-refractivity contribution < 1.29 is 19.0 Å². The largest absolute Gasteiger partial charge is 0.507 e. The Morgan fingerprint density at radius 1 is 1.26 bits per heavy atom. The van der Waals surface area contributed by atoms with Gasteiger partial charge in [0.1, 0.15) is 17.3 Å². The third-order valence-electron chi connectivity index (χ3n) is 2.73. The highest BCUT2D eigenvalue weighted by molar-refractivity contribution is 5.84. The fourth-order valence-electron chi connectivity index (χ4n) is 1.88. The first-order valence-electron chi connectivity index (χ1n) is 5.87. The molecule has 0 saturated carbocycles. The number of hydrogen-bond donors (Lipinski definition) is 1. The smallest absolute Gasteiger partial charge is 0.153 e. The third-order valence-corrected chi connectivity index (χ3v) is 2.73. The molecule has 0 aliphatic heterocycles. The Bertz CT molecular complexity index is 608. The quantitative estimate of drug-likeness (QED) is 0.857. The van der Waals surface area contributed by atoms with E-state index in [2.05, 4.69) is 0 Å². The van der Waals surface area contributed by atoms with Crippen LogP contribution in [-0.4, -0.2) is 18.0 Å².